The molecule has 1 aliphatic carbocycles. The molecule has 1 aromatic carbocycles. The average molecular weight is 561 g/mol. The Bertz CT molecular complexity index is 972. The monoisotopic (exact) mass is 560 g/mol. The molecular weight excluding hydrogens is 516 g/mol. The van der Waals surface area contributed by atoms with Crippen molar-refractivity contribution in [2.75, 3.05) is 57.8 Å². The molecule has 0 spiro atoms. The Morgan fingerprint density at radius 3 is 2.36 bits per heavy atom. The minimum absolute atomic E-state index is 0.0245. The van der Waals surface area contributed by atoms with Gasteiger partial charge in [-0.3, -0.25) is 14.5 Å². The van der Waals surface area contributed by atoms with Gasteiger partial charge in [0.15, 0.2) is 0 Å². The number of nitrogens with zero attached hydrogens (tertiary/aromatic N) is 3. The normalized spacial score (nSPS) is 20.4. The van der Waals surface area contributed by atoms with E-state index >= 15 is 0 Å². The van der Waals surface area contributed by atoms with Gasteiger partial charge in [-0.25, -0.2) is 4.99 Å². The Morgan fingerprint density at radius 2 is 1.69 bits per heavy atom. The Hall–Kier alpha value is -2.42. The van der Waals surface area contributed by atoms with E-state index in [1.165, 1.54) is 0 Å². The van der Waals surface area contributed by atoms with Crippen LogP contribution in [0.1, 0.15) is 63.9 Å². The van der Waals surface area contributed by atoms with Gasteiger partial charge >= 0.3 is 0 Å². The van der Waals surface area contributed by atoms with Crippen molar-refractivity contribution in [2.45, 2.75) is 64.3 Å². The fraction of sp³-hybridized carbons (Fsp3) is 0.633. The van der Waals surface area contributed by atoms with Crippen molar-refractivity contribution >= 4 is 41.0 Å². The van der Waals surface area contributed by atoms with Crippen LogP contribution in [-0.2, 0) is 19.1 Å². The molecule has 1 fully saturated rings. The van der Waals surface area contributed by atoms with E-state index < -0.39 is 0 Å². The molecule has 0 radical (unpaired) electrons. The first-order valence-electron chi connectivity index (χ1n) is 14.3. The van der Waals surface area contributed by atoms with Crippen LogP contribution < -0.4 is 10.2 Å². The number of carbonyl (C=O) groups excluding carboxylic acids is 2. The highest BCUT2D eigenvalue weighted by atomic mass is 35.5. The van der Waals surface area contributed by atoms with Crippen molar-refractivity contribution in [3.63, 3.8) is 0 Å². The van der Waals surface area contributed by atoms with E-state index in [9.17, 15) is 9.59 Å². The summed E-state index contributed by atoms with van der Waals surface area (Å²) < 4.78 is 11.1. The van der Waals surface area contributed by atoms with Crippen molar-refractivity contribution in [3.05, 3.63) is 35.5 Å². The Labute approximate surface area is 238 Å². The molecule has 216 valence electrons. The van der Waals surface area contributed by atoms with E-state index in [2.05, 4.69) is 10.3 Å². The van der Waals surface area contributed by atoms with E-state index in [1.54, 1.807) is 0 Å². The van der Waals surface area contributed by atoms with Crippen molar-refractivity contribution in [1.29, 1.82) is 0 Å². The van der Waals surface area contributed by atoms with Crippen LogP contribution >= 0.6 is 11.6 Å². The second-order valence-electron chi connectivity index (χ2n) is 10.5. The maximum Gasteiger partial charge on any atom is 0.278 e. The molecular formula is C30H45ClN4O4. The first-order chi connectivity index (χ1) is 18.9. The Balaban J connectivity index is 1.32. The second kappa shape index (κ2) is 16.6. The highest BCUT2D eigenvalue weighted by Crippen LogP contribution is 2.31. The van der Waals surface area contributed by atoms with Crippen LogP contribution in [0.4, 0.5) is 5.69 Å². The van der Waals surface area contributed by atoms with E-state index in [-0.39, 0.29) is 23.8 Å². The Morgan fingerprint density at radius 1 is 1.03 bits per heavy atom. The quantitative estimate of drug-likeness (QED) is 0.177. The van der Waals surface area contributed by atoms with Gasteiger partial charge in [0.25, 0.3) is 5.91 Å². The second-order valence-corrected chi connectivity index (χ2v) is 10.9. The largest absolute Gasteiger partial charge is 0.379 e. The number of ether oxygens (including phenoxy) is 2. The van der Waals surface area contributed by atoms with Gasteiger partial charge in [0.05, 0.1) is 19.8 Å². The molecule has 39 heavy (non-hydrogen) atoms. The van der Waals surface area contributed by atoms with Gasteiger partial charge in [0, 0.05) is 50.8 Å². The molecule has 3 rings (SSSR count). The van der Waals surface area contributed by atoms with Crippen LogP contribution in [0.5, 0.6) is 0 Å². The number of benzene rings is 1. The summed E-state index contributed by atoms with van der Waals surface area (Å²) in [7, 11) is 4.00. The smallest absolute Gasteiger partial charge is 0.278 e. The lowest BCUT2D eigenvalue weighted by atomic mass is 9.84. The molecule has 1 saturated carbocycles. The van der Waals surface area contributed by atoms with Crippen LogP contribution in [0.3, 0.4) is 0 Å². The predicted molar refractivity (Wildman–Crippen MR) is 158 cm³/mol. The molecule has 1 aromatic rings. The van der Waals surface area contributed by atoms with Crippen LogP contribution in [0, 0.1) is 5.92 Å². The van der Waals surface area contributed by atoms with Gasteiger partial charge in [-0.1, -0.05) is 25.0 Å². The lowest BCUT2D eigenvalue weighted by molar-refractivity contribution is -0.127. The van der Waals surface area contributed by atoms with Gasteiger partial charge < -0.3 is 19.7 Å². The SMILES string of the molecule is CC1=N/C(=C\c2ccc(N(C)C)cc2)C(=O)N1C1CCC(C(=O)NCCOCCOCCCCCCCl)CC1. The van der Waals surface area contributed by atoms with Gasteiger partial charge in [0.1, 0.15) is 11.5 Å². The van der Waals surface area contributed by atoms with Crippen LogP contribution in [0.15, 0.2) is 35.0 Å². The standard InChI is InChI=1S/C30H45ClN4O4/c1-23-33-28(22-24-8-12-26(13-9-24)34(2)3)30(37)35(23)27-14-10-25(11-15-27)29(36)32-17-19-39-21-20-38-18-7-5-4-6-16-31/h8-9,12-13,22,25,27H,4-7,10-11,14-21H2,1-3H3,(H,32,36)/b28-22-. The number of nitrogens with one attached hydrogen (secondary N) is 1. The third-order valence-corrected chi connectivity index (χ3v) is 7.57. The summed E-state index contributed by atoms with van der Waals surface area (Å²) in [4.78, 5) is 34.2. The molecule has 1 heterocycles. The summed E-state index contributed by atoms with van der Waals surface area (Å²) >= 11 is 5.67. The highest BCUT2D eigenvalue weighted by Gasteiger charge is 2.37. The summed E-state index contributed by atoms with van der Waals surface area (Å²) in [5.41, 5.74) is 2.53. The maximum atomic E-state index is 13.2. The Kier molecular flexibility index (Phi) is 13.3. The minimum Gasteiger partial charge on any atom is -0.379 e. The zero-order chi connectivity index (χ0) is 28.0. The van der Waals surface area contributed by atoms with Crippen molar-refractivity contribution in [3.8, 4) is 0 Å². The fourth-order valence-electron chi connectivity index (χ4n) is 5.06. The summed E-state index contributed by atoms with van der Waals surface area (Å²) in [6.07, 6.45) is 9.38. The number of aliphatic imine (C=N–C) groups is 1. The van der Waals surface area contributed by atoms with Crippen LogP contribution in [0.2, 0.25) is 0 Å². The number of halogens is 1. The molecule has 8 nitrogen and oxygen atoms in total. The maximum absolute atomic E-state index is 13.2. The molecule has 0 aromatic heterocycles. The predicted octanol–water partition coefficient (Wildman–Crippen LogP) is 4.86. The van der Waals surface area contributed by atoms with E-state index in [0.717, 1.165) is 80.9 Å². The number of rotatable bonds is 16. The summed E-state index contributed by atoms with van der Waals surface area (Å²) in [5.74, 6) is 1.46. The molecule has 0 unspecified atom stereocenters. The van der Waals surface area contributed by atoms with Gasteiger partial charge in [0.2, 0.25) is 5.91 Å². The summed E-state index contributed by atoms with van der Waals surface area (Å²) in [5, 5.41) is 3.00. The first-order valence-corrected chi connectivity index (χ1v) is 14.8. The van der Waals surface area contributed by atoms with E-state index in [1.807, 2.05) is 61.2 Å². The number of carbonyl (C=O) groups is 2. The summed E-state index contributed by atoms with van der Waals surface area (Å²) in [6.45, 7) is 4.72. The first kappa shape index (κ1) is 31.1. The van der Waals surface area contributed by atoms with Gasteiger partial charge in [-0.2, -0.15) is 0 Å². The fourth-order valence-corrected chi connectivity index (χ4v) is 5.25. The van der Waals surface area contributed by atoms with Crippen molar-refractivity contribution in [2.24, 2.45) is 10.9 Å². The third-order valence-electron chi connectivity index (χ3n) is 7.30. The number of unbranched alkanes of at least 4 members (excludes halogenated alkanes) is 3. The molecule has 2 amide bonds. The lowest BCUT2D eigenvalue weighted by Crippen LogP contribution is -2.44. The average Bonchev–Trinajstić information content (AvgIpc) is 3.21. The van der Waals surface area contributed by atoms with E-state index in [0.29, 0.717) is 32.1 Å². The third kappa shape index (κ3) is 9.92. The van der Waals surface area contributed by atoms with Crippen LogP contribution in [0.25, 0.3) is 6.08 Å². The number of amides is 2. The molecule has 2 aliphatic rings. The zero-order valence-electron chi connectivity index (χ0n) is 23.8. The molecule has 1 aliphatic heterocycles. The lowest BCUT2D eigenvalue weighted by Gasteiger charge is -2.33. The van der Waals surface area contributed by atoms with E-state index in [4.69, 9.17) is 21.1 Å². The zero-order valence-corrected chi connectivity index (χ0v) is 24.5. The molecule has 0 atom stereocenters. The number of amidine groups is 1. The molecule has 0 bridgehead atoms. The number of alkyl halides is 1. The molecule has 1 N–H and O–H groups in total. The highest BCUT2D eigenvalue weighted by molar-refractivity contribution is 6.17. The van der Waals surface area contributed by atoms with Crippen molar-refractivity contribution in [1.82, 2.24) is 10.2 Å². The number of hydrogen-bond acceptors (Lipinski definition) is 6. The van der Waals surface area contributed by atoms with Crippen LogP contribution in [-0.4, -0.2) is 81.5 Å². The van der Waals surface area contributed by atoms with Gasteiger partial charge in [-0.15, -0.1) is 11.6 Å². The minimum atomic E-state index is -0.0514. The topological polar surface area (TPSA) is 83.5 Å². The number of hydrogen-bond donors (Lipinski definition) is 1. The van der Waals surface area contributed by atoms with Crippen molar-refractivity contribution < 1.29 is 19.1 Å². The molecule has 0 saturated heterocycles. The molecule has 9 heteroatoms. The summed E-state index contributed by atoms with van der Waals surface area (Å²) in [6, 6.07) is 8.14. The number of anilines is 1. The van der Waals surface area contributed by atoms with Gasteiger partial charge in [-0.05, 0) is 69.2 Å².